The number of hydrogen-bond acceptors (Lipinski definition) is 0. The molecule has 0 amide bonds. The molecule has 26 heavy (non-hydrogen) atoms. The summed E-state index contributed by atoms with van der Waals surface area (Å²) in [6, 6.07) is 32.3. The molecule has 0 saturated heterocycles. The van der Waals surface area contributed by atoms with E-state index < -0.39 is 7.92 Å². The SMILES string of the molecule is [N-]=[N+]=[N-].[N-]=[N+]=[N-].[Zn+2].c1ccc(P(c2ccccc2)c2ccccc2)cc1. The summed E-state index contributed by atoms with van der Waals surface area (Å²) in [6.07, 6.45) is 0. The van der Waals surface area contributed by atoms with Crippen LogP contribution in [-0.2, 0) is 19.5 Å². The number of benzene rings is 3. The van der Waals surface area contributed by atoms with Gasteiger partial charge in [-0.1, -0.05) is 91.0 Å². The second kappa shape index (κ2) is 14.7. The van der Waals surface area contributed by atoms with E-state index in [1.54, 1.807) is 0 Å². The summed E-state index contributed by atoms with van der Waals surface area (Å²) < 4.78 is 0. The maximum atomic E-state index is 6.75. The summed E-state index contributed by atoms with van der Waals surface area (Å²) >= 11 is 0. The predicted octanol–water partition coefficient (Wildman–Crippen LogP) is 5.17. The van der Waals surface area contributed by atoms with Crippen LogP contribution in [0.2, 0.25) is 0 Å². The van der Waals surface area contributed by atoms with Crippen molar-refractivity contribution < 1.29 is 19.5 Å². The summed E-state index contributed by atoms with van der Waals surface area (Å²) in [6.45, 7) is 0. The van der Waals surface area contributed by atoms with Gasteiger partial charge in [0.05, 0.1) is 0 Å². The largest absolute Gasteiger partial charge is 2.00 e. The Hall–Kier alpha value is -2.67. The van der Waals surface area contributed by atoms with Gasteiger partial charge < -0.3 is 22.1 Å². The smallest absolute Gasteiger partial charge is 0.373 e. The van der Waals surface area contributed by atoms with E-state index in [1.165, 1.54) is 25.7 Å². The van der Waals surface area contributed by atoms with E-state index in [-0.39, 0.29) is 19.5 Å². The Morgan fingerprint density at radius 2 is 0.654 bits per heavy atom. The van der Waals surface area contributed by atoms with Gasteiger partial charge in [0.25, 0.3) is 0 Å². The summed E-state index contributed by atoms with van der Waals surface area (Å²) in [5.41, 5.74) is 27.0. The molecular formula is C18H15N6PZn. The zero-order valence-corrected chi connectivity index (χ0v) is 17.9. The topological polar surface area (TPSA) is 117 Å². The first-order chi connectivity index (χ1) is 12.3. The number of hydrogen-bond donors (Lipinski definition) is 0. The maximum Gasteiger partial charge on any atom is 2.00 e. The third-order valence-corrected chi connectivity index (χ3v) is 5.49. The van der Waals surface area contributed by atoms with Crippen LogP contribution in [0.5, 0.6) is 0 Å². The minimum absolute atomic E-state index is 0. The van der Waals surface area contributed by atoms with Crippen molar-refractivity contribution >= 4 is 23.8 Å². The summed E-state index contributed by atoms with van der Waals surface area (Å²) in [7, 11) is -0.446. The monoisotopic (exact) mass is 410 g/mol. The minimum Gasteiger partial charge on any atom is -0.373 e. The van der Waals surface area contributed by atoms with Crippen molar-refractivity contribution in [2.45, 2.75) is 0 Å². The van der Waals surface area contributed by atoms with E-state index >= 15 is 0 Å². The van der Waals surface area contributed by atoms with E-state index in [4.69, 9.17) is 22.1 Å². The first-order valence-corrected chi connectivity index (χ1v) is 8.54. The quantitative estimate of drug-likeness (QED) is 0.186. The van der Waals surface area contributed by atoms with Gasteiger partial charge in [0.2, 0.25) is 0 Å². The van der Waals surface area contributed by atoms with Crippen LogP contribution in [0, 0.1) is 0 Å². The average molecular weight is 412 g/mol. The first-order valence-electron chi connectivity index (χ1n) is 7.20. The molecule has 0 N–H and O–H groups in total. The molecule has 0 spiro atoms. The van der Waals surface area contributed by atoms with Gasteiger partial charge in [-0.3, -0.25) is 9.82 Å². The van der Waals surface area contributed by atoms with Gasteiger partial charge in [-0.2, -0.15) is 0 Å². The summed E-state index contributed by atoms with van der Waals surface area (Å²) in [5, 5.41) is 4.19. The van der Waals surface area contributed by atoms with E-state index in [9.17, 15) is 0 Å². The average Bonchev–Trinajstić information content (AvgIpc) is 2.66. The fourth-order valence-corrected chi connectivity index (χ4v) is 4.48. The Morgan fingerprint density at radius 3 is 0.846 bits per heavy atom. The normalized spacial score (nSPS) is 8.35. The van der Waals surface area contributed by atoms with Gasteiger partial charge in [-0.15, -0.1) is 0 Å². The Morgan fingerprint density at radius 1 is 0.462 bits per heavy atom. The predicted molar refractivity (Wildman–Crippen MR) is 105 cm³/mol. The second-order valence-electron chi connectivity index (χ2n) is 4.52. The molecule has 0 aromatic heterocycles. The second-order valence-corrected chi connectivity index (χ2v) is 6.74. The Kier molecular flexibility index (Phi) is 13.2. The van der Waals surface area contributed by atoms with Crippen molar-refractivity contribution in [3.63, 3.8) is 0 Å². The Bertz CT molecular complexity index is 697. The van der Waals surface area contributed by atoms with Crippen molar-refractivity contribution in [2.24, 2.45) is 0 Å². The molecule has 3 rings (SSSR count). The van der Waals surface area contributed by atoms with Crippen LogP contribution >= 0.6 is 7.92 Å². The fourth-order valence-electron chi connectivity index (χ4n) is 2.18. The van der Waals surface area contributed by atoms with Crippen molar-refractivity contribution in [1.82, 2.24) is 0 Å². The third-order valence-electron chi connectivity index (χ3n) is 3.04. The number of rotatable bonds is 3. The van der Waals surface area contributed by atoms with Crippen LogP contribution in [0.3, 0.4) is 0 Å². The van der Waals surface area contributed by atoms with E-state index in [1.807, 2.05) is 0 Å². The third kappa shape index (κ3) is 7.94. The molecule has 124 valence electrons. The standard InChI is InChI=1S/C18H15P.2N3.Zn/c1-4-10-16(11-5-1)19(17-12-6-2-7-13-17)18-14-8-3-9-15-18;2*1-3-2;/h1-15H;;;/q;2*-1;+2. The molecular weight excluding hydrogens is 397 g/mol. The van der Waals surface area contributed by atoms with Gasteiger partial charge in [0, 0.05) is 0 Å². The zero-order chi connectivity index (χ0) is 18.3. The van der Waals surface area contributed by atoms with Crippen LogP contribution in [0.1, 0.15) is 0 Å². The van der Waals surface area contributed by atoms with Gasteiger partial charge in [0.15, 0.2) is 0 Å². The van der Waals surface area contributed by atoms with Crippen molar-refractivity contribution in [3.8, 4) is 0 Å². The van der Waals surface area contributed by atoms with E-state index in [0.29, 0.717) is 0 Å². The van der Waals surface area contributed by atoms with Gasteiger partial charge in [-0.25, -0.2) is 0 Å². The van der Waals surface area contributed by atoms with Crippen LogP contribution in [0.15, 0.2) is 91.0 Å². The van der Waals surface area contributed by atoms with Crippen molar-refractivity contribution in [2.75, 3.05) is 0 Å². The molecule has 0 unspecified atom stereocenters. The molecule has 0 atom stereocenters. The molecule has 0 aliphatic rings. The summed E-state index contributed by atoms with van der Waals surface area (Å²) in [5.74, 6) is 0. The fraction of sp³-hybridized carbons (Fsp3) is 0. The molecule has 3 aromatic carbocycles. The maximum absolute atomic E-state index is 6.75. The first kappa shape index (κ1) is 23.3. The van der Waals surface area contributed by atoms with Crippen LogP contribution in [0.25, 0.3) is 31.9 Å². The molecule has 0 saturated carbocycles. The van der Waals surface area contributed by atoms with Gasteiger partial charge >= 0.3 is 19.5 Å². The zero-order valence-electron chi connectivity index (χ0n) is 14.0. The van der Waals surface area contributed by atoms with Gasteiger partial charge in [0.1, 0.15) is 0 Å². The summed E-state index contributed by atoms with van der Waals surface area (Å²) in [4.78, 5) is 3.00. The van der Waals surface area contributed by atoms with Crippen LogP contribution < -0.4 is 15.9 Å². The molecule has 3 aromatic rings. The molecule has 0 radical (unpaired) electrons. The molecule has 0 fully saturated rings. The molecule has 6 nitrogen and oxygen atoms in total. The number of nitrogens with zero attached hydrogens (tertiary/aromatic N) is 6. The van der Waals surface area contributed by atoms with Crippen molar-refractivity contribution in [1.29, 1.82) is 0 Å². The Labute approximate surface area is 166 Å². The molecule has 0 bridgehead atoms. The van der Waals surface area contributed by atoms with Gasteiger partial charge in [-0.05, 0) is 23.8 Å². The van der Waals surface area contributed by atoms with Crippen LogP contribution in [0.4, 0.5) is 0 Å². The van der Waals surface area contributed by atoms with Crippen molar-refractivity contribution in [3.05, 3.63) is 123 Å². The van der Waals surface area contributed by atoms with Crippen LogP contribution in [-0.4, -0.2) is 0 Å². The Balaban J connectivity index is 0.000000793. The molecule has 0 aliphatic carbocycles. The van der Waals surface area contributed by atoms with E-state index in [2.05, 4.69) is 91.0 Å². The molecule has 0 aliphatic heterocycles. The van der Waals surface area contributed by atoms with E-state index in [0.717, 1.165) is 0 Å². The molecule has 8 heteroatoms. The molecule has 0 heterocycles. The minimum atomic E-state index is -0.446.